The lowest BCUT2D eigenvalue weighted by atomic mass is 9.12. The zero-order chi connectivity index (χ0) is 15.2. The molecule has 6 saturated carbocycles. The molecular weight excluding hydrogens is 358 g/mol. The number of hydrogen-bond acceptors (Lipinski definition) is 4. The quantitative estimate of drug-likeness (QED) is 0.375. The van der Waals surface area contributed by atoms with Crippen LogP contribution in [0.1, 0.15) is 5.56 Å². The minimum Gasteiger partial charge on any atom is -0.411 e. The first-order valence-electron chi connectivity index (χ1n) is 8.49. The van der Waals surface area contributed by atoms with Crippen LogP contribution < -0.4 is 0 Å². The molecule has 5 heteroatoms. The third kappa shape index (κ3) is 0.815. The van der Waals surface area contributed by atoms with Crippen LogP contribution in [0.25, 0.3) is 0 Å². The van der Waals surface area contributed by atoms with Crippen molar-refractivity contribution in [2.45, 2.75) is 10.1 Å². The molecule has 0 aromatic heterocycles. The summed E-state index contributed by atoms with van der Waals surface area (Å²) in [5, 5.41) is 13.6. The Balaban J connectivity index is 1.37. The summed E-state index contributed by atoms with van der Waals surface area (Å²) in [6.45, 7) is 1.42. The van der Waals surface area contributed by atoms with Gasteiger partial charge in [0.2, 0.25) is 0 Å². The fraction of sp³-hybridized carbons (Fsp3) is 0.611. The highest BCUT2D eigenvalue weighted by molar-refractivity contribution is 9.10. The molecule has 4 atom stereocenters. The van der Waals surface area contributed by atoms with Gasteiger partial charge in [0.25, 0.3) is 0 Å². The molecule has 1 aromatic rings. The van der Waals surface area contributed by atoms with E-state index in [0.717, 1.165) is 11.3 Å². The van der Waals surface area contributed by atoms with Crippen LogP contribution in [0, 0.1) is 40.9 Å². The van der Waals surface area contributed by atoms with Crippen LogP contribution in [0.3, 0.4) is 0 Å². The van der Waals surface area contributed by atoms with Gasteiger partial charge in [-0.15, -0.1) is 0 Å². The molecule has 6 aliphatic carbocycles. The van der Waals surface area contributed by atoms with Crippen molar-refractivity contribution >= 4 is 21.6 Å². The number of nitrogens with zero attached hydrogens (tertiary/aromatic N) is 1. The van der Waals surface area contributed by atoms with Crippen molar-refractivity contribution < 1.29 is 14.7 Å². The van der Waals surface area contributed by atoms with Crippen molar-refractivity contribution in [3.8, 4) is 0 Å². The van der Waals surface area contributed by atoms with Gasteiger partial charge < -0.3 is 14.7 Å². The monoisotopic (exact) mass is 373 g/mol. The summed E-state index contributed by atoms with van der Waals surface area (Å²) in [4.78, 5) is 0. The maximum Gasteiger partial charge on any atom is 0.187 e. The van der Waals surface area contributed by atoms with Crippen LogP contribution in [0.15, 0.2) is 35.5 Å². The smallest absolute Gasteiger partial charge is 0.187 e. The van der Waals surface area contributed by atoms with Gasteiger partial charge in [0.05, 0.1) is 23.2 Å². The number of ether oxygens (including phenoxy) is 2. The summed E-state index contributed by atoms with van der Waals surface area (Å²) in [7, 11) is 0. The van der Waals surface area contributed by atoms with Crippen LogP contribution in [0.4, 0.5) is 0 Å². The number of oxime groups is 1. The molecule has 118 valence electrons. The Morgan fingerprint density at radius 3 is 2.22 bits per heavy atom. The zero-order valence-corrected chi connectivity index (χ0v) is 13.9. The van der Waals surface area contributed by atoms with E-state index < -0.39 is 5.79 Å². The SMILES string of the molecule is O/N=C(/c1ccccc1)C12C3[C@@H]4[C@H]1C1[C@@H]2[C@@H]3C4(Br)C12OCCO2. The summed E-state index contributed by atoms with van der Waals surface area (Å²) in [6.07, 6.45) is 0. The standard InChI is InChI=1S/C18H16BrNO3/c19-17-12-9-13(17)11-14(18(17)22-6-7-23-18)10(12)16(9,11)15(20-21)8-4-2-1-3-5-8/h1-5,9-14,21H,6-7H2/b20-15-/t9?,10-,11-,12+,13+,14?,16?,17?/m0/s1. The predicted octanol–water partition coefficient (Wildman–Crippen LogP) is 2.49. The Morgan fingerprint density at radius 2 is 1.61 bits per heavy atom. The van der Waals surface area contributed by atoms with Gasteiger partial charge in [-0.1, -0.05) is 51.4 Å². The van der Waals surface area contributed by atoms with Gasteiger partial charge in [0.15, 0.2) is 5.79 Å². The average Bonchev–Trinajstić information content (AvgIpc) is 3.11. The van der Waals surface area contributed by atoms with E-state index in [0.29, 0.717) is 48.7 Å². The topological polar surface area (TPSA) is 51.1 Å². The Morgan fingerprint density at radius 1 is 1.00 bits per heavy atom. The van der Waals surface area contributed by atoms with Crippen LogP contribution in [-0.2, 0) is 9.47 Å². The van der Waals surface area contributed by atoms with E-state index >= 15 is 0 Å². The zero-order valence-electron chi connectivity index (χ0n) is 12.4. The van der Waals surface area contributed by atoms with E-state index in [1.165, 1.54) is 0 Å². The Labute approximate surface area is 142 Å². The first kappa shape index (κ1) is 12.5. The van der Waals surface area contributed by atoms with Gasteiger partial charge in [-0.2, -0.15) is 0 Å². The molecule has 8 rings (SSSR count). The van der Waals surface area contributed by atoms with Crippen LogP contribution in [0.2, 0.25) is 0 Å². The minimum atomic E-state index is -0.397. The molecule has 0 unspecified atom stereocenters. The number of benzene rings is 1. The molecule has 1 aromatic carbocycles. The molecule has 23 heavy (non-hydrogen) atoms. The highest BCUT2D eigenvalue weighted by Gasteiger charge is 3.09. The lowest BCUT2D eigenvalue weighted by Gasteiger charge is -2.91. The summed E-state index contributed by atoms with van der Waals surface area (Å²) < 4.78 is 12.4. The van der Waals surface area contributed by atoms with Crippen LogP contribution in [0.5, 0.6) is 0 Å². The third-order valence-corrected chi connectivity index (χ3v) is 9.80. The molecule has 1 aliphatic heterocycles. The lowest BCUT2D eigenvalue weighted by Crippen LogP contribution is -2.94. The Kier molecular flexibility index (Phi) is 1.77. The fourth-order valence-corrected chi connectivity index (χ4v) is 9.71. The number of hydrogen-bond donors (Lipinski definition) is 1. The van der Waals surface area contributed by atoms with Gasteiger partial charge in [-0.25, -0.2) is 0 Å². The number of alkyl halides is 1. The first-order chi connectivity index (χ1) is 11.2. The second kappa shape index (κ2) is 3.26. The fourth-order valence-electron chi connectivity index (χ4n) is 8.08. The summed E-state index contributed by atoms with van der Waals surface area (Å²) in [5.74, 6) is 3.07. The van der Waals surface area contributed by atoms with Gasteiger partial charge in [0.1, 0.15) is 0 Å². The van der Waals surface area contributed by atoms with E-state index in [2.05, 4.69) is 33.2 Å². The summed E-state index contributed by atoms with van der Waals surface area (Å²) >= 11 is 4.07. The Bertz CT molecular complexity index is 767. The number of halogens is 1. The number of rotatable bonds is 2. The van der Waals surface area contributed by atoms with Gasteiger partial charge in [0, 0.05) is 11.3 Å². The van der Waals surface area contributed by atoms with E-state index in [9.17, 15) is 5.21 Å². The summed E-state index contributed by atoms with van der Waals surface area (Å²) in [6, 6.07) is 10.2. The van der Waals surface area contributed by atoms with Gasteiger partial charge in [-0.05, 0) is 35.2 Å². The van der Waals surface area contributed by atoms with Crippen molar-refractivity contribution in [2.75, 3.05) is 13.2 Å². The maximum atomic E-state index is 9.81. The molecule has 7 aliphatic rings. The van der Waals surface area contributed by atoms with Crippen LogP contribution in [-0.4, -0.2) is 34.2 Å². The molecular formula is C18H16BrNO3. The van der Waals surface area contributed by atoms with Crippen molar-refractivity contribution in [3.05, 3.63) is 35.9 Å². The maximum absolute atomic E-state index is 9.81. The Hall–Kier alpha value is -0.910. The molecule has 1 spiro atoms. The normalized spacial score (nSPS) is 58.2. The average molecular weight is 374 g/mol. The molecule has 1 N–H and O–H groups in total. The molecule has 0 amide bonds. The van der Waals surface area contributed by atoms with E-state index in [1.54, 1.807) is 0 Å². The molecule has 4 nitrogen and oxygen atoms in total. The van der Waals surface area contributed by atoms with Gasteiger partial charge >= 0.3 is 0 Å². The van der Waals surface area contributed by atoms with Crippen molar-refractivity contribution in [3.63, 3.8) is 0 Å². The molecule has 1 saturated heterocycles. The minimum absolute atomic E-state index is 0.0279. The van der Waals surface area contributed by atoms with E-state index in [4.69, 9.17) is 9.47 Å². The largest absolute Gasteiger partial charge is 0.411 e. The lowest BCUT2D eigenvalue weighted by molar-refractivity contribution is -0.404. The molecule has 7 fully saturated rings. The van der Waals surface area contributed by atoms with Crippen molar-refractivity contribution in [2.24, 2.45) is 46.1 Å². The molecule has 1 heterocycles. The van der Waals surface area contributed by atoms with E-state index in [1.807, 2.05) is 18.2 Å². The highest BCUT2D eigenvalue weighted by atomic mass is 79.9. The van der Waals surface area contributed by atoms with Gasteiger partial charge in [-0.3, -0.25) is 0 Å². The second-order valence-electron chi connectivity index (χ2n) is 8.03. The first-order valence-corrected chi connectivity index (χ1v) is 9.28. The second-order valence-corrected chi connectivity index (χ2v) is 9.35. The summed E-state index contributed by atoms with van der Waals surface area (Å²) in [5.41, 5.74) is 2.06. The van der Waals surface area contributed by atoms with Crippen LogP contribution >= 0.6 is 15.9 Å². The highest BCUT2D eigenvalue weighted by Crippen LogP contribution is 3.05. The van der Waals surface area contributed by atoms with E-state index in [-0.39, 0.29) is 9.74 Å². The van der Waals surface area contributed by atoms with Crippen molar-refractivity contribution in [1.29, 1.82) is 0 Å². The molecule has 2 bridgehead atoms. The van der Waals surface area contributed by atoms with Crippen molar-refractivity contribution in [1.82, 2.24) is 0 Å². The third-order valence-electron chi connectivity index (χ3n) is 8.19. The predicted molar refractivity (Wildman–Crippen MR) is 84.4 cm³/mol. The molecule has 0 radical (unpaired) electrons.